The van der Waals surface area contributed by atoms with E-state index in [0.29, 0.717) is 17.0 Å². The van der Waals surface area contributed by atoms with Gasteiger partial charge < -0.3 is 15.4 Å². The predicted octanol–water partition coefficient (Wildman–Crippen LogP) is 2.25. The van der Waals surface area contributed by atoms with Crippen molar-refractivity contribution in [2.75, 3.05) is 12.0 Å². The Morgan fingerprint density at radius 3 is 2.67 bits per heavy atom. The Kier molecular flexibility index (Phi) is 3.35. The lowest BCUT2D eigenvalue weighted by atomic mass is 9.88. The molecule has 2 atom stereocenters. The summed E-state index contributed by atoms with van der Waals surface area (Å²) in [5.74, 6) is 0.0444. The Hall–Kier alpha value is -2.40. The average Bonchev–Trinajstić information content (AvgIpc) is 2.52. The van der Waals surface area contributed by atoms with Crippen LogP contribution in [0.1, 0.15) is 11.6 Å². The molecule has 0 aromatic heterocycles. The first kappa shape index (κ1) is 13.6. The fourth-order valence-electron chi connectivity index (χ4n) is 2.61. The Morgan fingerprint density at radius 1 is 1.19 bits per heavy atom. The van der Waals surface area contributed by atoms with E-state index in [1.54, 1.807) is 49.6 Å². The third-order valence-electron chi connectivity index (χ3n) is 3.70. The van der Waals surface area contributed by atoms with Gasteiger partial charge in [-0.1, -0.05) is 24.3 Å². The van der Waals surface area contributed by atoms with Crippen molar-refractivity contribution >= 4 is 11.6 Å². The van der Waals surface area contributed by atoms with E-state index >= 15 is 0 Å². The molecule has 21 heavy (non-hydrogen) atoms. The van der Waals surface area contributed by atoms with Gasteiger partial charge in [0, 0.05) is 17.3 Å². The van der Waals surface area contributed by atoms with E-state index in [2.05, 4.69) is 0 Å². The molecule has 0 bridgehead atoms. The highest BCUT2D eigenvalue weighted by atomic mass is 19.1. The minimum absolute atomic E-state index is 0.225. The number of carbonyl (C=O) groups excluding carboxylic acids is 1. The van der Waals surface area contributed by atoms with Crippen LogP contribution in [-0.2, 0) is 4.79 Å². The summed E-state index contributed by atoms with van der Waals surface area (Å²) in [6.07, 6.45) is 0. The van der Waals surface area contributed by atoms with Crippen molar-refractivity contribution in [2.45, 2.75) is 12.1 Å². The van der Waals surface area contributed by atoms with Crippen LogP contribution in [0.2, 0.25) is 0 Å². The largest absolute Gasteiger partial charge is 0.497 e. The van der Waals surface area contributed by atoms with Crippen LogP contribution in [0, 0.1) is 5.82 Å². The van der Waals surface area contributed by atoms with Gasteiger partial charge in [-0.15, -0.1) is 0 Å². The summed E-state index contributed by atoms with van der Waals surface area (Å²) in [6, 6.07) is 12.2. The van der Waals surface area contributed by atoms with Crippen LogP contribution >= 0.6 is 0 Å². The summed E-state index contributed by atoms with van der Waals surface area (Å²) in [5, 5.41) is 0. The lowest BCUT2D eigenvalue weighted by molar-refractivity contribution is -0.126. The van der Waals surface area contributed by atoms with E-state index in [1.807, 2.05) is 0 Å². The highest BCUT2D eigenvalue weighted by molar-refractivity contribution is 6.05. The van der Waals surface area contributed by atoms with Gasteiger partial charge in [0.25, 0.3) is 0 Å². The highest BCUT2D eigenvalue weighted by Crippen LogP contribution is 2.39. The zero-order chi connectivity index (χ0) is 15.0. The van der Waals surface area contributed by atoms with Gasteiger partial charge in [-0.2, -0.15) is 0 Å². The highest BCUT2D eigenvalue weighted by Gasteiger charge is 2.47. The van der Waals surface area contributed by atoms with Crippen LogP contribution in [0.3, 0.4) is 0 Å². The van der Waals surface area contributed by atoms with Crippen molar-refractivity contribution in [3.05, 3.63) is 59.9 Å². The van der Waals surface area contributed by atoms with Crippen molar-refractivity contribution in [1.29, 1.82) is 0 Å². The van der Waals surface area contributed by atoms with E-state index in [0.717, 1.165) is 0 Å². The zero-order valence-corrected chi connectivity index (χ0v) is 11.5. The summed E-state index contributed by atoms with van der Waals surface area (Å²) in [7, 11) is 1.55. The number of ether oxygens (including phenoxy) is 1. The summed E-state index contributed by atoms with van der Waals surface area (Å²) in [4.78, 5) is 13.6. The monoisotopic (exact) mass is 286 g/mol. The molecular formula is C16H15FN2O2. The molecule has 0 aliphatic carbocycles. The maximum atomic E-state index is 14.0. The molecule has 0 unspecified atom stereocenters. The zero-order valence-electron chi connectivity index (χ0n) is 11.5. The Labute approximate surface area is 121 Å². The molecule has 2 aromatic carbocycles. The summed E-state index contributed by atoms with van der Waals surface area (Å²) in [5.41, 5.74) is 6.95. The van der Waals surface area contributed by atoms with Crippen LogP contribution in [0.15, 0.2) is 48.5 Å². The molecule has 1 amide bonds. The second-order valence-electron chi connectivity index (χ2n) is 4.90. The van der Waals surface area contributed by atoms with Crippen LogP contribution in [0.5, 0.6) is 5.75 Å². The maximum Gasteiger partial charge on any atom is 0.247 e. The van der Waals surface area contributed by atoms with Crippen molar-refractivity contribution in [3.8, 4) is 5.75 Å². The first-order chi connectivity index (χ1) is 10.1. The number of amides is 1. The Morgan fingerprint density at radius 2 is 1.95 bits per heavy atom. The van der Waals surface area contributed by atoms with Gasteiger partial charge in [-0.3, -0.25) is 4.79 Å². The van der Waals surface area contributed by atoms with Crippen molar-refractivity contribution in [1.82, 2.24) is 0 Å². The molecule has 0 spiro atoms. The van der Waals surface area contributed by atoms with E-state index in [1.165, 1.54) is 11.0 Å². The van der Waals surface area contributed by atoms with Gasteiger partial charge in [-0.05, 0) is 18.2 Å². The number of β-lactam (4-membered cyclic amide) rings is 1. The van der Waals surface area contributed by atoms with Gasteiger partial charge >= 0.3 is 0 Å². The van der Waals surface area contributed by atoms with E-state index < -0.39 is 12.1 Å². The minimum atomic E-state index is -0.729. The van der Waals surface area contributed by atoms with Crippen molar-refractivity contribution < 1.29 is 13.9 Å². The number of anilines is 1. The Bertz CT molecular complexity index is 689. The molecular weight excluding hydrogens is 271 g/mol. The first-order valence-corrected chi connectivity index (χ1v) is 6.60. The molecule has 1 heterocycles. The van der Waals surface area contributed by atoms with Crippen molar-refractivity contribution in [2.24, 2.45) is 5.73 Å². The lowest BCUT2D eigenvalue weighted by Gasteiger charge is -2.45. The molecule has 2 N–H and O–H groups in total. The molecule has 108 valence electrons. The average molecular weight is 286 g/mol. The maximum absolute atomic E-state index is 14.0. The molecule has 1 aliphatic heterocycles. The number of rotatable bonds is 3. The number of nitrogens with zero attached hydrogens (tertiary/aromatic N) is 1. The van der Waals surface area contributed by atoms with E-state index in [4.69, 9.17) is 10.5 Å². The SMILES string of the molecule is COc1cccc(N2C(=O)[C@@H](N)[C@H]2c2ccccc2F)c1. The lowest BCUT2D eigenvalue weighted by Crippen LogP contribution is -2.63. The van der Waals surface area contributed by atoms with E-state index in [9.17, 15) is 9.18 Å². The molecule has 1 aliphatic rings. The molecule has 0 saturated carbocycles. The van der Waals surface area contributed by atoms with Gasteiger partial charge in [-0.25, -0.2) is 4.39 Å². The van der Waals surface area contributed by atoms with Crippen LogP contribution in [0.25, 0.3) is 0 Å². The number of hydrogen-bond acceptors (Lipinski definition) is 3. The molecule has 2 aromatic rings. The molecule has 3 rings (SSSR count). The number of halogens is 1. The minimum Gasteiger partial charge on any atom is -0.497 e. The van der Waals surface area contributed by atoms with Gasteiger partial charge in [0.05, 0.1) is 13.2 Å². The van der Waals surface area contributed by atoms with Gasteiger partial charge in [0.2, 0.25) is 5.91 Å². The summed E-state index contributed by atoms with van der Waals surface area (Å²) < 4.78 is 19.1. The number of benzene rings is 2. The molecule has 4 nitrogen and oxygen atoms in total. The number of nitrogens with two attached hydrogens (primary N) is 1. The van der Waals surface area contributed by atoms with Crippen molar-refractivity contribution in [3.63, 3.8) is 0 Å². The normalized spacial score (nSPS) is 21.1. The van der Waals surface area contributed by atoms with Crippen LogP contribution < -0.4 is 15.4 Å². The smallest absolute Gasteiger partial charge is 0.247 e. The molecule has 0 radical (unpaired) electrons. The Balaban J connectivity index is 2.00. The predicted molar refractivity (Wildman–Crippen MR) is 77.6 cm³/mol. The first-order valence-electron chi connectivity index (χ1n) is 6.60. The second-order valence-corrected chi connectivity index (χ2v) is 4.90. The number of methoxy groups -OCH3 is 1. The van der Waals surface area contributed by atoms with Gasteiger partial charge in [0.1, 0.15) is 17.6 Å². The van der Waals surface area contributed by atoms with E-state index in [-0.39, 0.29) is 11.7 Å². The number of carbonyl (C=O) groups is 1. The summed E-state index contributed by atoms with van der Waals surface area (Å²) >= 11 is 0. The fraction of sp³-hybridized carbons (Fsp3) is 0.188. The third kappa shape index (κ3) is 2.15. The third-order valence-corrected chi connectivity index (χ3v) is 3.70. The second kappa shape index (κ2) is 5.18. The topological polar surface area (TPSA) is 55.6 Å². The molecule has 1 fully saturated rings. The number of hydrogen-bond donors (Lipinski definition) is 1. The molecule has 1 saturated heterocycles. The standard InChI is InChI=1S/C16H15FN2O2/c1-21-11-6-4-5-10(9-11)19-15(14(18)16(19)20)12-7-2-3-8-13(12)17/h2-9,14-15H,18H2,1H3/t14-,15+/m0/s1. The van der Waals surface area contributed by atoms with Crippen LogP contribution in [0.4, 0.5) is 10.1 Å². The summed E-state index contributed by atoms with van der Waals surface area (Å²) in [6.45, 7) is 0. The van der Waals surface area contributed by atoms with Crippen LogP contribution in [-0.4, -0.2) is 19.1 Å². The fourth-order valence-corrected chi connectivity index (χ4v) is 2.61. The quantitative estimate of drug-likeness (QED) is 0.880. The molecule has 5 heteroatoms. The van der Waals surface area contributed by atoms with Gasteiger partial charge in [0.15, 0.2) is 0 Å².